The molecular formula is C12H15N3O3. The van der Waals surface area contributed by atoms with Gasteiger partial charge in [0.15, 0.2) is 0 Å². The molecule has 6 nitrogen and oxygen atoms in total. The van der Waals surface area contributed by atoms with E-state index in [1.807, 2.05) is 0 Å². The van der Waals surface area contributed by atoms with Gasteiger partial charge in [0.2, 0.25) is 0 Å². The molecule has 0 bridgehead atoms. The number of amides is 1. The topological polar surface area (TPSA) is 72.4 Å². The maximum absolute atomic E-state index is 12.2. The van der Waals surface area contributed by atoms with Crippen molar-refractivity contribution in [3.05, 3.63) is 23.8 Å². The first-order valence-electron chi connectivity index (χ1n) is 5.81. The third-order valence-corrected chi connectivity index (χ3v) is 2.99. The van der Waals surface area contributed by atoms with Crippen LogP contribution in [0.25, 0.3) is 0 Å². The van der Waals surface area contributed by atoms with Crippen LogP contribution < -0.4 is 0 Å². The Kier molecular flexibility index (Phi) is 3.55. The Bertz CT molecular complexity index is 458. The fourth-order valence-corrected chi connectivity index (χ4v) is 2.04. The summed E-state index contributed by atoms with van der Waals surface area (Å²) in [7, 11) is 1.33. The lowest BCUT2D eigenvalue weighted by atomic mass is 10.2. The summed E-state index contributed by atoms with van der Waals surface area (Å²) >= 11 is 0. The van der Waals surface area contributed by atoms with Gasteiger partial charge in [-0.25, -0.2) is 9.78 Å². The summed E-state index contributed by atoms with van der Waals surface area (Å²) in [6, 6.07) is -0.495. The second-order valence-electron chi connectivity index (χ2n) is 4.22. The zero-order valence-electron chi connectivity index (χ0n) is 10.4. The first-order chi connectivity index (χ1) is 8.63. The molecule has 18 heavy (non-hydrogen) atoms. The highest BCUT2D eigenvalue weighted by Gasteiger charge is 2.35. The van der Waals surface area contributed by atoms with Crippen LogP contribution in [0.5, 0.6) is 0 Å². The molecule has 6 heteroatoms. The van der Waals surface area contributed by atoms with Crippen molar-refractivity contribution in [1.29, 1.82) is 0 Å². The van der Waals surface area contributed by atoms with E-state index in [1.54, 1.807) is 6.92 Å². The molecule has 0 saturated carbocycles. The van der Waals surface area contributed by atoms with E-state index in [0.29, 0.717) is 13.0 Å². The minimum Gasteiger partial charge on any atom is -0.467 e. The zero-order valence-corrected chi connectivity index (χ0v) is 10.4. The lowest BCUT2D eigenvalue weighted by molar-refractivity contribution is -0.145. The Hall–Kier alpha value is -1.98. The summed E-state index contributed by atoms with van der Waals surface area (Å²) in [5.41, 5.74) is 1.01. The molecule has 1 saturated heterocycles. The van der Waals surface area contributed by atoms with Crippen molar-refractivity contribution in [3.8, 4) is 0 Å². The first-order valence-corrected chi connectivity index (χ1v) is 5.81. The third kappa shape index (κ3) is 2.32. The number of likely N-dealkylation sites (tertiary alicyclic amines) is 1. The van der Waals surface area contributed by atoms with E-state index in [1.165, 1.54) is 24.4 Å². The van der Waals surface area contributed by atoms with Gasteiger partial charge in [-0.3, -0.25) is 9.78 Å². The van der Waals surface area contributed by atoms with Crippen molar-refractivity contribution in [2.24, 2.45) is 0 Å². The number of rotatable bonds is 2. The number of nitrogens with zero attached hydrogens (tertiary/aromatic N) is 3. The highest BCUT2D eigenvalue weighted by Crippen LogP contribution is 2.20. The van der Waals surface area contributed by atoms with Crippen LogP contribution in [0.15, 0.2) is 12.4 Å². The Balaban J connectivity index is 2.17. The first kappa shape index (κ1) is 12.5. The molecule has 1 aliphatic heterocycles. The average molecular weight is 249 g/mol. The third-order valence-electron chi connectivity index (χ3n) is 2.99. The molecule has 0 aliphatic carbocycles. The van der Waals surface area contributed by atoms with Gasteiger partial charge in [-0.15, -0.1) is 0 Å². The molecular weight excluding hydrogens is 234 g/mol. The SMILES string of the molecule is COC(=O)C1CCCN1C(=O)c1cnc(C)cn1. The summed E-state index contributed by atoms with van der Waals surface area (Å²) in [5.74, 6) is -0.642. The smallest absolute Gasteiger partial charge is 0.328 e. The van der Waals surface area contributed by atoms with Crippen LogP contribution in [-0.4, -0.2) is 46.4 Å². The lowest BCUT2D eigenvalue weighted by Gasteiger charge is -2.21. The summed E-state index contributed by atoms with van der Waals surface area (Å²) in [5, 5.41) is 0. The van der Waals surface area contributed by atoms with Crippen molar-refractivity contribution in [2.75, 3.05) is 13.7 Å². The maximum Gasteiger partial charge on any atom is 0.328 e. The van der Waals surface area contributed by atoms with Gasteiger partial charge < -0.3 is 9.64 Å². The number of ether oxygens (including phenoxy) is 1. The van der Waals surface area contributed by atoms with Gasteiger partial charge in [0.05, 0.1) is 19.0 Å². The van der Waals surface area contributed by atoms with Crippen LogP contribution >= 0.6 is 0 Å². The molecule has 1 unspecified atom stereocenters. The van der Waals surface area contributed by atoms with E-state index in [9.17, 15) is 9.59 Å². The fraction of sp³-hybridized carbons (Fsp3) is 0.500. The number of methoxy groups -OCH3 is 1. The normalized spacial score (nSPS) is 18.8. The van der Waals surface area contributed by atoms with Gasteiger partial charge in [0, 0.05) is 12.7 Å². The Morgan fingerprint density at radius 1 is 1.39 bits per heavy atom. The predicted octanol–water partition coefficient (Wildman–Crippen LogP) is 0.563. The fourth-order valence-electron chi connectivity index (χ4n) is 2.04. The lowest BCUT2D eigenvalue weighted by Crippen LogP contribution is -2.41. The monoisotopic (exact) mass is 249 g/mol. The van der Waals surface area contributed by atoms with Crippen LogP contribution in [-0.2, 0) is 9.53 Å². The maximum atomic E-state index is 12.2. The molecule has 1 fully saturated rings. The average Bonchev–Trinajstić information content (AvgIpc) is 2.87. The van der Waals surface area contributed by atoms with Crippen molar-refractivity contribution >= 4 is 11.9 Å². The van der Waals surface area contributed by atoms with E-state index >= 15 is 0 Å². The summed E-state index contributed by atoms with van der Waals surface area (Å²) in [6.45, 7) is 2.35. The number of carbonyl (C=O) groups is 2. The highest BCUT2D eigenvalue weighted by molar-refractivity contribution is 5.95. The molecule has 0 spiro atoms. The zero-order chi connectivity index (χ0) is 13.1. The molecule has 1 aromatic heterocycles. The molecule has 0 N–H and O–H groups in total. The molecule has 1 atom stereocenters. The van der Waals surface area contributed by atoms with E-state index in [4.69, 9.17) is 4.74 Å². The summed E-state index contributed by atoms with van der Waals surface area (Å²) in [4.78, 5) is 33.3. The molecule has 2 heterocycles. The summed E-state index contributed by atoms with van der Waals surface area (Å²) in [6.07, 6.45) is 4.41. The number of esters is 1. The summed E-state index contributed by atoms with van der Waals surface area (Å²) < 4.78 is 4.70. The van der Waals surface area contributed by atoms with Crippen molar-refractivity contribution in [3.63, 3.8) is 0 Å². The highest BCUT2D eigenvalue weighted by atomic mass is 16.5. The minimum atomic E-state index is -0.495. The number of hydrogen-bond acceptors (Lipinski definition) is 5. The number of hydrogen-bond donors (Lipinski definition) is 0. The second kappa shape index (κ2) is 5.12. The van der Waals surface area contributed by atoms with Gasteiger partial charge in [-0.1, -0.05) is 0 Å². The van der Waals surface area contributed by atoms with Crippen LogP contribution in [0.2, 0.25) is 0 Å². The Labute approximate surface area is 105 Å². The van der Waals surface area contributed by atoms with E-state index < -0.39 is 6.04 Å². The molecule has 1 aliphatic rings. The Morgan fingerprint density at radius 2 is 2.17 bits per heavy atom. The standard InChI is InChI=1S/C12H15N3O3/c1-8-6-14-9(7-13-8)11(16)15-5-3-4-10(15)12(17)18-2/h6-7,10H,3-5H2,1-2H3. The number of aromatic nitrogens is 2. The number of aryl methyl sites for hydroxylation is 1. The van der Waals surface area contributed by atoms with Crippen molar-refractivity contribution in [2.45, 2.75) is 25.8 Å². The minimum absolute atomic E-state index is 0.261. The predicted molar refractivity (Wildman–Crippen MR) is 62.8 cm³/mol. The molecule has 2 rings (SSSR count). The van der Waals surface area contributed by atoms with Crippen LogP contribution in [0, 0.1) is 6.92 Å². The van der Waals surface area contributed by atoms with Gasteiger partial charge in [0.1, 0.15) is 11.7 Å². The van der Waals surface area contributed by atoms with E-state index in [2.05, 4.69) is 9.97 Å². The van der Waals surface area contributed by atoms with Gasteiger partial charge in [0.25, 0.3) is 5.91 Å². The molecule has 1 aromatic rings. The Morgan fingerprint density at radius 3 is 2.78 bits per heavy atom. The van der Waals surface area contributed by atoms with Gasteiger partial charge in [-0.05, 0) is 19.8 Å². The number of carbonyl (C=O) groups excluding carboxylic acids is 2. The van der Waals surface area contributed by atoms with Crippen LogP contribution in [0.1, 0.15) is 29.0 Å². The van der Waals surface area contributed by atoms with Crippen molar-refractivity contribution in [1.82, 2.24) is 14.9 Å². The van der Waals surface area contributed by atoms with Gasteiger partial charge in [-0.2, -0.15) is 0 Å². The van der Waals surface area contributed by atoms with Crippen LogP contribution in [0.4, 0.5) is 0 Å². The largest absolute Gasteiger partial charge is 0.467 e. The molecule has 0 aromatic carbocycles. The molecule has 1 amide bonds. The van der Waals surface area contributed by atoms with Gasteiger partial charge >= 0.3 is 5.97 Å². The second-order valence-corrected chi connectivity index (χ2v) is 4.22. The van der Waals surface area contributed by atoms with E-state index in [-0.39, 0.29) is 17.6 Å². The van der Waals surface area contributed by atoms with E-state index in [0.717, 1.165) is 12.1 Å². The van der Waals surface area contributed by atoms with Crippen LogP contribution in [0.3, 0.4) is 0 Å². The van der Waals surface area contributed by atoms with Crippen molar-refractivity contribution < 1.29 is 14.3 Å². The quantitative estimate of drug-likeness (QED) is 0.716. The molecule has 96 valence electrons. The molecule has 0 radical (unpaired) electrons.